The lowest BCUT2D eigenvalue weighted by atomic mass is 9.85. The average Bonchev–Trinajstić information content (AvgIpc) is 2.24. The van der Waals surface area contributed by atoms with Gasteiger partial charge in [-0.15, -0.1) is 0 Å². The Morgan fingerprint density at radius 1 is 1.22 bits per heavy atom. The number of hydrogen-bond acceptors (Lipinski definition) is 4. The molecule has 0 aliphatic heterocycles. The summed E-state index contributed by atoms with van der Waals surface area (Å²) in [4.78, 5) is 22.5. The number of ether oxygens (including phenoxy) is 1. The van der Waals surface area contributed by atoms with Crippen molar-refractivity contribution in [2.24, 2.45) is 11.7 Å². The Hall–Kier alpha value is -1.10. The first-order valence-electron chi connectivity index (χ1n) is 6.52. The summed E-state index contributed by atoms with van der Waals surface area (Å²) in [6.07, 6.45) is 3.38. The zero-order valence-corrected chi connectivity index (χ0v) is 11.5. The Kier molecular flexibility index (Phi) is 5.14. The zero-order chi connectivity index (χ0) is 13.8. The Bertz CT molecular complexity index is 302. The molecule has 0 unspecified atom stereocenters. The van der Waals surface area contributed by atoms with Gasteiger partial charge < -0.3 is 15.8 Å². The Morgan fingerprint density at radius 2 is 1.78 bits per heavy atom. The van der Waals surface area contributed by atoms with E-state index >= 15 is 0 Å². The number of primary amides is 1. The van der Waals surface area contributed by atoms with Crippen LogP contribution in [0.2, 0.25) is 0 Å². The van der Waals surface area contributed by atoms with Crippen LogP contribution in [-0.4, -0.2) is 30.1 Å². The number of hydrogen-bond donors (Lipinski definition) is 2. The first kappa shape index (κ1) is 15.0. The highest BCUT2D eigenvalue weighted by Crippen LogP contribution is 2.23. The fourth-order valence-corrected chi connectivity index (χ4v) is 2.19. The molecule has 1 amide bonds. The van der Waals surface area contributed by atoms with Crippen molar-refractivity contribution in [3.8, 4) is 0 Å². The summed E-state index contributed by atoms with van der Waals surface area (Å²) in [6.45, 7) is 5.78. The van der Waals surface area contributed by atoms with E-state index in [1.807, 2.05) is 20.8 Å². The summed E-state index contributed by atoms with van der Waals surface area (Å²) < 4.78 is 5.21. The van der Waals surface area contributed by atoms with Gasteiger partial charge in [-0.2, -0.15) is 0 Å². The minimum atomic E-state index is -0.442. The molecule has 0 spiro atoms. The van der Waals surface area contributed by atoms with E-state index in [1.54, 1.807) is 0 Å². The molecule has 0 aromatic rings. The van der Waals surface area contributed by atoms with Crippen LogP contribution in [0.4, 0.5) is 0 Å². The van der Waals surface area contributed by atoms with Gasteiger partial charge in [0.2, 0.25) is 5.91 Å². The molecule has 0 saturated heterocycles. The second-order valence-corrected chi connectivity index (χ2v) is 5.92. The largest absolute Gasteiger partial charge is 0.459 e. The van der Waals surface area contributed by atoms with Crippen LogP contribution in [0.1, 0.15) is 46.5 Å². The predicted molar refractivity (Wildman–Crippen MR) is 68.8 cm³/mol. The van der Waals surface area contributed by atoms with Crippen LogP contribution in [-0.2, 0) is 14.3 Å². The maximum absolute atomic E-state index is 11.5. The maximum Gasteiger partial charge on any atom is 0.320 e. The van der Waals surface area contributed by atoms with Gasteiger partial charge in [0.25, 0.3) is 0 Å². The minimum absolute atomic E-state index is 0.00424. The zero-order valence-electron chi connectivity index (χ0n) is 11.5. The van der Waals surface area contributed by atoms with Crippen molar-refractivity contribution >= 4 is 11.9 Å². The summed E-state index contributed by atoms with van der Waals surface area (Å²) in [5.74, 6) is -0.440. The molecule has 5 heteroatoms. The van der Waals surface area contributed by atoms with Gasteiger partial charge in [-0.3, -0.25) is 9.59 Å². The van der Waals surface area contributed by atoms with E-state index in [0.29, 0.717) is 0 Å². The van der Waals surface area contributed by atoms with Crippen LogP contribution < -0.4 is 11.1 Å². The van der Waals surface area contributed by atoms with Crippen molar-refractivity contribution in [2.45, 2.75) is 58.1 Å². The van der Waals surface area contributed by atoms with Crippen molar-refractivity contribution in [3.63, 3.8) is 0 Å². The molecule has 3 N–H and O–H groups in total. The number of amides is 1. The minimum Gasteiger partial charge on any atom is -0.459 e. The number of nitrogens with two attached hydrogens (primary N) is 1. The lowest BCUT2D eigenvalue weighted by Crippen LogP contribution is -2.40. The molecule has 0 atom stereocenters. The van der Waals surface area contributed by atoms with Crippen molar-refractivity contribution in [2.75, 3.05) is 6.54 Å². The van der Waals surface area contributed by atoms with Gasteiger partial charge >= 0.3 is 5.97 Å². The quantitative estimate of drug-likeness (QED) is 0.734. The summed E-state index contributed by atoms with van der Waals surface area (Å²) in [5, 5.41) is 3.18. The molecule has 18 heavy (non-hydrogen) atoms. The molecular formula is C13H24N2O3. The lowest BCUT2D eigenvalue weighted by Gasteiger charge is -2.27. The second-order valence-electron chi connectivity index (χ2n) is 5.92. The van der Waals surface area contributed by atoms with Crippen molar-refractivity contribution in [1.29, 1.82) is 0 Å². The molecule has 1 aliphatic carbocycles. The molecule has 1 aliphatic rings. The molecule has 0 heterocycles. The van der Waals surface area contributed by atoms with E-state index < -0.39 is 5.60 Å². The molecule has 0 aromatic heterocycles. The first-order chi connectivity index (χ1) is 8.28. The van der Waals surface area contributed by atoms with E-state index in [9.17, 15) is 9.59 Å². The van der Waals surface area contributed by atoms with Gasteiger partial charge in [0.05, 0.1) is 6.54 Å². The summed E-state index contributed by atoms with van der Waals surface area (Å²) in [7, 11) is 0. The van der Waals surface area contributed by atoms with Crippen LogP contribution in [0.5, 0.6) is 0 Å². The molecular weight excluding hydrogens is 232 g/mol. The highest BCUT2D eigenvalue weighted by molar-refractivity contribution is 5.76. The van der Waals surface area contributed by atoms with Gasteiger partial charge in [-0.05, 0) is 46.5 Å². The van der Waals surface area contributed by atoms with Gasteiger partial charge in [0.1, 0.15) is 5.60 Å². The molecule has 0 aromatic carbocycles. The van der Waals surface area contributed by atoms with Crippen molar-refractivity contribution < 1.29 is 14.3 Å². The van der Waals surface area contributed by atoms with E-state index in [2.05, 4.69) is 5.32 Å². The average molecular weight is 256 g/mol. The van der Waals surface area contributed by atoms with Gasteiger partial charge in [-0.25, -0.2) is 0 Å². The van der Waals surface area contributed by atoms with Crippen molar-refractivity contribution in [3.05, 3.63) is 0 Å². The third kappa shape index (κ3) is 5.49. The van der Waals surface area contributed by atoms with Crippen LogP contribution in [0.25, 0.3) is 0 Å². The topological polar surface area (TPSA) is 81.4 Å². The first-order valence-corrected chi connectivity index (χ1v) is 6.52. The van der Waals surface area contributed by atoms with E-state index in [-0.39, 0.29) is 30.4 Å². The molecule has 0 bridgehead atoms. The van der Waals surface area contributed by atoms with Crippen LogP contribution in [0.15, 0.2) is 0 Å². The van der Waals surface area contributed by atoms with Crippen LogP contribution in [0.3, 0.4) is 0 Å². The Balaban J connectivity index is 2.22. The highest BCUT2D eigenvalue weighted by atomic mass is 16.6. The summed E-state index contributed by atoms with van der Waals surface area (Å²) >= 11 is 0. The maximum atomic E-state index is 11.5. The molecule has 5 nitrogen and oxygen atoms in total. The predicted octanol–water partition coefficient (Wildman–Crippen LogP) is 0.962. The molecule has 1 saturated carbocycles. The summed E-state index contributed by atoms with van der Waals surface area (Å²) in [6, 6.07) is 0.285. The molecule has 1 rings (SSSR count). The van der Waals surface area contributed by atoms with Crippen molar-refractivity contribution in [1.82, 2.24) is 5.32 Å². The van der Waals surface area contributed by atoms with Gasteiger partial charge in [0.15, 0.2) is 0 Å². The van der Waals surface area contributed by atoms with Gasteiger partial charge in [-0.1, -0.05) is 0 Å². The number of carbonyl (C=O) groups excluding carboxylic acids is 2. The third-order valence-electron chi connectivity index (χ3n) is 3.08. The highest BCUT2D eigenvalue weighted by Gasteiger charge is 2.25. The second kappa shape index (κ2) is 6.18. The normalized spacial score (nSPS) is 24.6. The number of rotatable bonds is 4. The van der Waals surface area contributed by atoms with Crippen LogP contribution in [0, 0.1) is 5.92 Å². The van der Waals surface area contributed by atoms with Crippen LogP contribution >= 0.6 is 0 Å². The smallest absolute Gasteiger partial charge is 0.320 e. The standard InChI is InChI=1S/C13H24N2O3/c1-13(2,3)18-11(16)8-15-10-6-4-9(5-7-10)12(14)17/h9-10,15H,4-8H2,1-3H3,(H2,14,17). The molecule has 1 fully saturated rings. The van der Waals surface area contributed by atoms with E-state index in [1.165, 1.54) is 0 Å². The SMILES string of the molecule is CC(C)(C)OC(=O)CNC1CCC(C(N)=O)CC1. The molecule has 104 valence electrons. The molecule has 0 radical (unpaired) electrons. The number of carbonyl (C=O) groups is 2. The monoisotopic (exact) mass is 256 g/mol. The number of nitrogens with one attached hydrogen (secondary N) is 1. The summed E-state index contributed by atoms with van der Waals surface area (Å²) in [5.41, 5.74) is 4.83. The lowest BCUT2D eigenvalue weighted by molar-refractivity contribution is -0.153. The number of esters is 1. The fraction of sp³-hybridized carbons (Fsp3) is 0.846. The Labute approximate surface area is 108 Å². The third-order valence-corrected chi connectivity index (χ3v) is 3.08. The Morgan fingerprint density at radius 3 is 2.22 bits per heavy atom. The fourth-order valence-electron chi connectivity index (χ4n) is 2.19. The van der Waals surface area contributed by atoms with E-state index in [0.717, 1.165) is 25.7 Å². The van der Waals surface area contributed by atoms with E-state index in [4.69, 9.17) is 10.5 Å². The van der Waals surface area contributed by atoms with Gasteiger partial charge in [0, 0.05) is 12.0 Å².